The van der Waals surface area contributed by atoms with Crippen molar-refractivity contribution in [1.82, 2.24) is 4.57 Å². The lowest BCUT2D eigenvalue weighted by Crippen LogP contribution is -2.28. The number of nitrogen functional groups attached to an aromatic ring is 1. The van der Waals surface area contributed by atoms with Crippen molar-refractivity contribution in [2.24, 2.45) is 7.05 Å². The number of aromatic nitrogens is 1. The van der Waals surface area contributed by atoms with Crippen LogP contribution in [0.15, 0.2) is 30.3 Å². The topological polar surface area (TPSA) is 51.3 Å². The first kappa shape index (κ1) is 13.5. The molecule has 100 valence electrons. The molecule has 19 heavy (non-hydrogen) atoms. The van der Waals surface area contributed by atoms with E-state index in [1.165, 1.54) is 0 Å². The number of nitrogens with two attached hydrogens (primary N) is 1. The van der Waals surface area contributed by atoms with Gasteiger partial charge < -0.3 is 15.2 Å². The first-order chi connectivity index (χ1) is 8.91. The molecule has 0 fully saturated rings. The number of hydrogen-bond donors (Lipinski definition) is 1. The highest BCUT2D eigenvalue weighted by Gasteiger charge is 2.20. The number of carbonyl (C=O) groups is 1. The van der Waals surface area contributed by atoms with Crippen molar-refractivity contribution < 1.29 is 4.79 Å². The molecule has 0 bridgehead atoms. The average molecular weight is 278 g/mol. The average Bonchev–Trinajstić information content (AvgIpc) is 2.62. The van der Waals surface area contributed by atoms with E-state index >= 15 is 0 Å². The fraction of sp³-hybridized carbons (Fsp3) is 0.214. The summed E-state index contributed by atoms with van der Waals surface area (Å²) in [5.41, 5.74) is 8.60. The molecule has 2 aromatic rings. The maximum Gasteiger partial charge on any atom is 0.276 e. The molecule has 5 heteroatoms. The maximum absolute atomic E-state index is 12.5. The van der Waals surface area contributed by atoms with Gasteiger partial charge in [-0.3, -0.25) is 4.79 Å². The predicted molar refractivity (Wildman–Crippen MR) is 78.7 cm³/mol. The van der Waals surface area contributed by atoms with E-state index in [4.69, 9.17) is 17.3 Å². The zero-order chi connectivity index (χ0) is 14.2. The summed E-state index contributed by atoms with van der Waals surface area (Å²) in [6.45, 7) is 1.91. The number of rotatable bonds is 2. The number of halogens is 1. The molecule has 1 heterocycles. The molecule has 2 N–H and O–H groups in total. The summed E-state index contributed by atoms with van der Waals surface area (Å²) in [6.07, 6.45) is 0. The maximum atomic E-state index is 12.5. The van der Waals surface area contributed by atoms with Gasteiger partial charge in [-0.15, -0.1) is 0 Å². The van der Waals surface area contributed by atoms with Crippen molar-refractivity contribution in [2.45, 2.75) is 6.92 Å². The van der Waals surface area contributed by atoms with Crippen LogP contribution in [0.4, 0.5) is 11.4 Å². The van der Waals surface area contributed by atoms with Gasteiger partial charge in [-0.05, 0) is 37.3 Å². The van der Waals surface area contributed by atoms with Gasteiger partial charge in [-0.25, -0.2) is 0 Å². The SMILES string of the molecule is Cc1cc(N)c(C(=O)N(C)c2ccc(Cl)cc2)n1C. The molecule has 0 saturated carbocycles. The molecule has 4 nitrogen and oxygen atoms in total. The van der Waals surface area contributed by atoms with Crippen LogP contribution >= 0.6 is 11.6 Å². The lowest BCUT2D eigenvalue weighted by molar-refractivity contribution is 0.0986. The van der Waals surface area contributed by atoms with E-state index < -0.39 is 0 Å². The third-order valence-electron chi connectivity index (χ3n) is 3.22. The molecule has 2 rings (SSSR count). The number of hydrogen-bond acceptors (Lipinski definition) is 2. The van der Waals surface area contributed by atoms with E-state index in [1.807, 2.05) is 14.0 Å². The van der Waals surface area contributed by atoms with Crippen molar-refractivity contribution in [3.63, 3.8) is 0 Å². The minimum atomic E-state index is -0.143. The minimum Gasteiger partial charge on any atom is -0.397 e. The number of amides is 1. The van der Waals surface area contributed by atoms with Crippen molar-refractivity contribution in [3.8, 4) is 0 Å². The van der Waals surface area contributed by atoms with Gasteiger partial charge >= 0.3 is 0 Å². The van der Waals surface area contributed by atoms with Gasteiger partial charge in [0.15, 0.2) is 0 Å². The largest absolute Gasteiger partial charge is 0.397 e. The highest BCUT2D eigenvalue weighted by Crippen LogP contribution is 2.22. The third kappa shape index (κ3) is 2.44. The van der Waals surface area contributed by atoms with E-state index in [2.05, 4.69) is 0 Å². The number of nitrogens with zero attached hydrogens (tertiary/aromatic N) is 2. The van der Waals surface area contributed by atoms with Crippen LogP contribution in [-0.4, -0.2) is 17.5 Å². The summed E-state index contributed by atoms with van der Waals surface area (Å²) in [6, 6.07) is 8.89. The molecule has 0 aliphatic carbocycles. The molecule has 1 aromatic carbocycles. The van der Waals surface area contributed by atoms with Crippen LogP contribution in [0.1, 0.15) is 16.2 Å². The van der Waals surface area contributed by atoms with Crippen molar-refractivity contribution in [1.29, 1.82) is 0 Å². The second kappa shape index (κ2) is 4.97. The van der Waals surface area contributed by atoms with Gasteiger partial charge in [0.05, 0.1) is 5.69 Å². The standard InChI is InChI=1S/C14H16ClN3O/c1-9-8-12(16)13(17(9)2)14(19)18(3)11-6-4-10(15)5-7-11/h4-8H,16H2,1-3H3. The first-order valence-corrected chi connectivity index (χ1v) is 6.25. The fourth-order valence-corrected chi connectivity index (χ4v) is 2.09. The monoisotopic (exact) mass is 277 g/mol. The highest BCUT2D eigenvalue weighted by atomic mass is 35.5. The Labute approximate surface area is 117 Å². The van der Waals surface area contributed by atoms with Crippen molar-refractivity contribution in [3.05, 3.63) is 46.7 Å². The zero-order valence-electron chi connectivity index (χ0n) is 11.1. The van der Waals surface area contributed by atoms with Crippen molar-refractivity contribution in [2.75, 3.05) is 17.7 Å². The molecule has 0 atom stereocenters. The Morgan fingerprint density at radius 1 is 1.32 bits per heavy atom. The fourth-order valence-electron chi connectivity index (χ4n) is 1.97. The van der Waals surface area contributed by atoms with Crippen LogP contribution in [0.5, 0.6) is 0 Å². The van der Waals surface area contributed by atoms with E-state index in [1.54, 1.807) is 46.8 Å². The number of carbonyl (C=O) groups excluding carboxylic acids is 1. The van der Waals surface area contributed by atoms with Crippen LogP contribution in [0.3, 0.4) is 0 Å². The van der Waals surface area contributed by atoms with Gasteiger partial charge in [-0.2, -0.15) is 0 Å². The van der Waals surface area contributed by atoms with Gasteiger partial charge in [0.1, 0.15) is 5.69 Å². The smallest absolute Gasteiger partial charge is 0.276 e. The normalized spacial score (nSPS) is 10.5. The Hall–Kier alpha value is -1.94. The van der Waals surface area contributed by atoms with Gasteiger partial charge in [-0.1, -0.05) is 11.6 Å². The Morgan fingerprint density at radius 3 is 2.37 bits per heavy atom. The Kier molecular flexibility index (Phi) is 3.53. The lowest BCUT2D eigenvalue weighted by Gasteiger charge is -2.18. The molecule has 0 spiro atoms. The molecular formula is C14H16ClN3O. The van der Waals surface area contributed by atoms with Gasteiger partial charge in [0.2, 0.25) is 0 Å². The molecular weight excluding hydrogens is 262 g/mol. The zero-order valence-corrected chi connectivity index (χ0v) is 11.9. The van der Waals surface area contributed by atoms with E-state index in [0.717, 1.165) is 11.4 Å². The Morgan fingerprint density at radius 2 is 1.89 bits per heavy atom. The highest BCUT2D eigenvalue weighted by molar-refractivity contribution is 6.30. The summed E-state index contributed by atoms with van der Waals surface area (Å²) >= 11 is 5.84. The summed E-state index contributed by atoms with van der Waals surface area (Å²) < 4.78 is 1.80. The number of aryl methyl sites for hydroxylation is 1. The summed E-state index contributed by atoms with van der Waals surface area (Å²) in [5, 5.41) is 0.638. The van der Waals surface area contributed by atoms with Gasteiger partial charge in [0.25, 0.3) is 5.91 Å². The minimum absolute atomic E-state index is 0.143. The number of benzene rings is 1. The molecule has 0 aliphatic heterocycles. The molecule has 0 aliphatic rings. The van der Waals surface area contributed by atoms with Gasteiger partial charge in [0, 0.05) is 30.5 Å². The molecule has 1 amide bonds. The molecule has 1 aromatic heterocycles. The second-order valence-corrected chi connectivity index (χ2v) is 4.93. The number of anilines is 2. The Bertz CT molecular complexity index is 616. The van der Waals surface area contributed by atoms with E-state index in [-0.39, 0.29) is 5.91 Å². The van der Waals surface area contributed by atoms with Crippen LogP contribution in [0.2, 0.25) is 5.02 Å². The summed E-state index contributed by atoms with van der Waals surface area (Å²) in [7, 11) is 3.54. The molecule has 0 radical (unpaired) electrons. The van der Waals surface area contributed by atoms with Crippen LogP contribution in [0, 0.1) is 6.92 Å². The first-order valence-electron chi connectivity index (χ1n) is 5.87. The molecule has 0 saturated heterocycles. The quantitative estimate of drug-likeness (QED) is 0.918. The van der Waals surface area contributed by atoms with Crippen LogP contribution in [0.25, 0.3) is 0 Å². The van der Waals surface area contributed by atoms with Crippen molar-refractivity contribution >= 4 is 28.9 Å². The van der Waals surface area contributed by atoms with E-state index in [9.17, 15) is 4.79 Å². The van der Waals surface area contributed by atoms with Crippen LogP contribution in [-0.2, 0) is 7.05 Å². The lowest BCUT2D eigenvalue weighted by atomic mass is 10.2. The Balaban J connectivity index is 2.36. The molecule has 0 unspecified atom stereocenters. The summed E-state index contributed by atoms with van der Waals surface area (Å²) in [4.78, 5) is 14.0. The summed E-state index contributed by atoms with van der Waals surface area (Å²) in [5.74, 6) is -0.143. The third-order valence-corrected chi connectivity index (χ3v) is 3.48. The second-order valence-electron chi connectivity index (χ2n) is 4.49. The predicted octanol–water partition coefficient (Wildman–Crippen LogP) is 2.85. The van der Waals surface area contributed by atoms with Crippen LogP contribution < -0.4 is 10.6 Å². The van der Waals surface area contributed by atoms with E-state index in [0.29, 0.717) is 16.4 Å².